The van der Waals surface area contributed by atoms with Crippen LogP contribution < -0.4 is 10.1 Å². The van der Waals surface area contributed by atoms with Gasteiger partial charge in [-0.1, -0.05) is 26.0 Å². The molecular formula is C25H38N4O4. The van der Waals surface area contributed by atoms with Crippen LogP contribution in [0.2, 0.25) is 0 Å². The fourth-order valence-corrected chi connectivity index (χ4v) is 3.76. The average molecular weight is 459 g/mol. The fraction of sp³-hybridized carbons (Fsp3) is 0.600. The Labute approximate surface area is 197 Å². The van der Waals surface area contributed by atoms with Gasteiger partial charge in [-0.05, 0) is 37.5 Å². The Morgan fingerprint density at radius 2 is 1.91 bits per heavy atom. The lowest BCUT2D eigenvalue weighted by molar-refractivity contribution is 0.0383. The van der Waals surface area contributed by atoms with Crippen LogP contribution in [0, 0.1) is 5.92 Å². The number of rotatable bonds is 12. The van der Waals surface area contributed by atoms with Crippen molar-refractivity contribution in [2.24, 2.45) is 5.92 Å². The molecular weight excluding hydrogens is 420 g/mol. The highest BCUT2D eigenvalue weighted by atomic mass is 16.5. The summed E-state index contributed by atoms with van der Waals surface area (Å²) in [5.74, 6) is 1.69. The van der Waals surface area contributed by atoms with E-state index in [0.29, 0.717) is 43.2 Å². The first-order valence-electron chi connectivity index (χ1n) is 11.9. The van der Waals surface area contributed by atoms with Gasteiger partial charge in [-0.3, -0.25) is 14.6 Å². The molecule has 1 amide bonds. The van der Waals surface area contributed by atoms with E-state index < -0.39 is 0 Å². The highest BCUT2D eigenvalue weighted by Crippen LogP contribution is 2.20. The van der Waals surface area contributed by atoms with E-state index in [1.54, 1.807) is 0 Å². The number of ether oxygens (including phenoxy) is 2. The minimum absolute atomic E-state index is 0.201. The molecule has 1 atom stereocenters. The minimum atomic E-state index is -0.201. The van der Waals surface area contributed by atoms with Crippen LogP contribution in [0.1, 0.15) is 49.6 Å². The van der Waals surface area contributed by atoms with Crippen LogP contribution in [0.25, 0.3) is 0 Å². The van der Waals surface area contributed by atoms with Crippen LogP contribution in [-0.4, -0.2) is 72.7 Å². The van der Waals surface area contributed by atoms with Gasteiger partial charge >= 0.3 is 0 Å². The molecule has 0 bridgehead atoms. The van der Waals surface area contributed by atoms with E-state index in [-0.39, 0.29) is 5.91 Å². The monoisotopic (exact) mass is 458 g/mol. The van der Waals surface area contributed by atoms with Crippen molar-refractivity contribution in [3.8, 4) is 5.75 Å². The molecule has 1 aliphatic rings. The van der Waals surface area contributed by atoms with Crippen LogP contribution in [0.5, 0.6) is 5.75 Å². The third-order valence-electron chi connectivity index (χ3n) is 6.10. The van der Waals surface area contributed by atoms with Gasteiger partial charge in [0.25, 0.3) is 5.91 Å². The zero-order valence-corrected chi connectivity index (χ0v) is 20.4. The van der Waals surface area contributed by atoms with Crippen LogP contribution in [0.15, 0.2) is 34.9 Å². The standard InChI is InChI=1S/C25H38N4O4/c1-5-32-22-8-6-21(7-9-22)16-29(20(4)19(2)3)17-24-27-23(18-33-24)25(30)26-10-11-28-12-14-31-15-13-28/h6-9,18-20H,5,10-17H2,1-4H3,(H,26,30)/t20-/m1/s1. The summed E-state index contributed by atoms with van der Waals surface area (Å²) in [4.78, 5) is 21.6. The van der Waals surface area contributed by atoms with Gasteiger partial charge in [0.2, 0.25) is 5.89 Å². The summed E-state index contributed by atoms with van der Waals surface area (Å²) < 4.78 is 16.6. The summed E-state index contributed by atoms with van der Waals surface area (Å²) in [6.07, 6.45) is 1.45. The second-order valence-electron chi connectivity index (χ2n) is 8.80. The SMILES string of the molecule is CCOc1ccc(CN(Cc2nc(C(=O)NCCN3CCOCC3)co2)[C@H](C)C(C)C)cc1. The maximum atomic E-state index is 12.5. The molecule has 2 aromatic rings. The lowest BCUT2D eigenvalue weighted by Crippen LogP contribution is -2.41. The predicted octanol–water partition coefficient (Wildman–Crippen LogP) is 3.18. The number of benzene rings is 1. The molecule has 182 valence electrons. The second-order valence-corrected chi connectivity index (χ2v) is 8.80. The molecule has 0 radical (unpaired) electrons. The zero-order chi connectivity index (χ0) is 23.6. The summed E-state index contributed by atoms with van der Waals surface area (Å²) >= 11 is 0. The summed E-state index contributed by atoms with van der Waals surface area (Å²) in [5.41, 5.74) is 1.52. The normalized spacial score (nSPS) is 15.7. The van der Waals surface area contributed by atoms with Crippen molar-refractivity contribution in [1.29, 1.82) is 0 Å². The third-order valence-corrected chi connectivity index (χ3v) is 6.10. The molecule has 0 unspecified atom stereocenters. The molecule has 0 aliphatic carbocycles. The number of morpholine rings is 1. The molecule has 8 nitrogen and oxygen atoms in total. The highest BCUT2D eigenvalue weighted by molar-refractivity contribution is 5.91. The number of carbonyl (C=O) groups is 1. The second kappa shape index (κ2) is 12.7. The molecule has 1 aliphatic heterocycles. The van der Waals surface area contributed by atoms with Crippen molar-refractivity contribution in [2.75, 3.05) is 46.0 Å². The molecule has 1 saturated heterocycles. The van der Waals surface area contributed by atoms with Crippen molar-refractivity contribution in [2.45, 2.75) is 46.8 Å². The van der Waals surface area contributed by atoms with Gasteiger partial charge in [0.1, 0.15) is 12.0 Å². The van der Waals surface area contributed by atoms with E-state index >= 15 is 0 Å². The van der Waals surface area contributed by atoms with E-state index in [9.17, 15) is 4.79 Å². The first-order chi connectivity index (χ1) is 16.0. The molecule has 3 rings (SSSR count). The molecule has 33 heavy (non-hydrogen) atoms. The number of oxazole rings is 1. The Morgan fingerprint density at radius 1 is 1.18 bits per heavy atom. The molecule has 0 saturated carbocycles. The van der Waals surface area contributed by atoms with E-state index in [4.69, 9.17) is 13.9 Å². The Morgan fingerprint density at radius 3 is 2.58 bits per heavy atom. The number of aromatic nitrogens is 1. The number of hydrogen-bond donors (Lipinski definition) is 1. The first-order valence-corrected chi connectivity index (χ1v) is 11.9. The van der Waals surface area contributed by atoms with Crippen molar-refractivity contribution >= 4 is 5.91 Å². The van der Waals surface area contributed by atoms with Gasteiger partial charge in [-0.2, -0.15) is 0 Å². The topological polar surface area (TPSA) is 80.1 Å². The number of nitrogens with zero attached hydrogens (tertiary/aromatic N) is 3. The van der Waals surface area contributed by atoms with Crippen LogP contribution in [-0.2, 0) is 17.8 Å². The zero-order valence-electron chi connectivity index (χ0n) is 20.4. The summed E-state index contributed by atoms with van der Waals surface area (Å²) in [6.45, 7) is 15.3. The van der Waals surface area contributed by atoms with E-state index in [2.05, 4.69) is 53.0 Å². The Kier molecular flexibility index (Phi) is 9.72. The van der Waals surface area contributed by atoms with E-state index in [1.807, 2.05) is 19.1 Å². The minimum Gasteiger partial charge on any atom is -0.494 e. The summed E-state index contributed by atoms with van der Waals surface area (Å²) in [7, 11) is 0. The average Bonchev–Trinajstić information content (AvgIpc) is 3.29. The number of amides is 1. The quantitative estimate of drug-likeness (QED) is 0.523. The molecule has 1 N–H and O–H groups in total. The Balaban J connectivity index is 1.56. The van der Waals surface area contributed by atoms with Crippen molar-refractivity contribution < 1.29 is 18.7 Å². The van der Waals surface area contributed by atoms with E-state index in [1.165, 1.54) is 11.8 Å². The van der Waals surface area contributed by atoms with Gasteiger partial charge < -0.3 is 19.2 Å². The molecule has 1 aromatic heterocycles. The van der Waals surface area contributed by atoms with Gasteiger partial charge in [-0.25, -0.2) is 4.98 Å². The molecule has 1 fully saturated rings. The third kappa shape index (κ3) is 7.84. The number of nitrogens with one attached hydrogen (secondary N) is 1. The van der Waals surface area contributed by atoms with Gasteiger partial charge in [0.05, 0.1) is 26.4 Å². The molecule has 2 heterocycles. The summed E-state index contributed by atoms with van der Waals surface area (Å²) in [5, 5.41) is 2.94. The predicted molar refractivity (Wildman–Crippen MR) is 127 cm³/mol. The lowest BCUT2D eigenvalue weighted by atomic mass is 10.0. The van der Waals surface area contributed by atoms with Gasteiger partial charge in [0.15, 0.2) is 5.69 Å². The number of carbonyl (C=O) groups excluding carboxylic acids is 1. The van der Waals surface area contributed by atoms with Crippen molar-refractivity contribution in [3.63, 3.8) is 0 Å². The van der Waals surface area contributed by atoms with Gasteiger partial charge in [-0.15, -0.1) is 0 Å². The highest BCUT2D eigenvalue weighted by Gasteiger charge is 2.21. The maximum absolute atomic E-state index is 12.5. The smallest absolute Gasteiger partial charge is 0.273 e. The number of hydrogen-bond acceptors (Lipinski definition) is 7. The first kappa shape index (κ1) is 25.2. The fourth-order valence-electron chi connectivity index (χ4n) is 3.76. The largest absolute Gasteiger partial charge is 0.494 e. The summed E-state index contributed by atoms with van der Waals surface area (Å²) in [6, 6.07) is 8.50. The maximum Gasteiger partial charge on any atom is 0.273 e. The Bertz CT molecular complexity index is 846. The Hall–Kier alpha value is -2.42. The molecule has 0 spiro atoms. The molecule has 8 heteroatoms. The van der Waals surface area contributed by atoms with E-state index in [0.717, 1.165) is 45.1 Å². The molecule has 1 aromatic carbocycles. The van der Waals surface area contributed by atoms with Crippen LogP contribution in [0.3, 0.4) is 0 Å². The lowest BCUT2D eigenvalue weighted by Gasteiger charge is -2.30. The van der Waals surface area contributed by atoms with Crippen molar-refractivity contribution in [3.05, 3.63) is 47.7 Å². The van der Waals surface area contributed by atoms with Crippen molar-refractivity contribution in [1.82, 2.24) is 20.1 Å². The van der Waals surface area contributed by atoms with Gasteiger partial charge in [0, 0.05) is 38.8 Å². The van der Waals surface area contributed by atoms with Crippen LogP contribution in [0.4, 0.5) is 0 Å². The van der Waals surface area contributed by atoms with Crippen LogP contribution >= 0.6 is 0 Å².